The van der Waals surface area contributed by atoms with E-state index >= 15 is 0 Å². The number of hydrogen-bond acceptors (Lipinski definition) is 2. The van der Waals surface area contributed by atoms with E-state index in [1.54, 1.807) is 0 Å². The monoisotopic (exact) mass is 347 g/mol. The van der Waals surface area contributed by atoms with E-state index in [4.69, 9.17) is 5.11 Å². The molecule has 2 N–H and O–H groups in total. The minimum Gasteiger partial charge on any atom is -0.481 e. The maximum absolute atomic E-state index is 10.4. The van der Waals surface area contributed by atoms with Crippen LogP contribution in [0.1, 0.15) is 88.7 Å². The smallest absolute Gasteiger partial charge is 0.303 e. The lowest BCUT2D eigenvalue weighted by atomic mass is 10.0. The maximum atomic E-state index is 10.4. The summed E-state index contributed by atoms with van der Waals surface area (Å²) in [6, 6.07) is 8.85. The molecule has 0 heterocycles. The number of aryl methyl sites for hydroxylation is 1. The van der Waals surface area contributed by atoms with Crippen LogP contribution >= 0.6 is 0 Å². The molecule has 1 aromatic rings. The van der Waals surface area contributed by atoms with Crippen LogP contribution in [0.15, 0.2) is 24.3 Å². The van der Waals surface area contributed by atoms with E-state index in [1.165, 1.54) is 75.3 Å². The van der Waals surface area contributed by atoms with Crippen molar-refractivity contribution < 1.29 is 9.90 Å². The highest BCUT2D eigenvalue weighted by molar-refractivity contribution is 5.66. The zero-order chi connectivity index (χ0) is 18.2. The second-order valence-corrected chi connectivity index (χ2v) is 7.07. The highest BCUT2D eigenvalue weighted by Gasteiger charge is 1.98. The van der Waals surface area contributed by atoms with E-state index < -0.39 is 5.97 Å². The van der Waals surface area contributed by atoms with Gasteiger partial charge in [0, 0.05) is 13.0 Å². The van der Waals surface area contributed by atoms with Crippen LogP contribution in [-0.2, 0) is 17.8 Å². The lowest BCUT2D eigenvalue weighted by molar-refractivity contribution is -0.137. The topological polar surface area (TPSA) is 49.3 Å². The number of carboxylic acid groups (broad SMARTS) is 1. The largest absolute Gasteiger partial charge is 0.481 e. The fourth-order valence-corrected chi connectivity index (χ4v) is 3.06. The van der Waals surface area contributed by atoms with Crippen molar-refractivity contribution in [2.24, 2.45) is 0 Å². The molecule has 3 nitrogen and oxygen atoms in total. The molecule has 0 radical (unpaired) electrons. The summed E-state index contributed by atoms with van der Waals surface area (Å²) in [5.41, 5.74) is 2.70. The molecule has 0 saturated heterocycles. The second-order valence-electron chi connectivity index (χ2n) is 7.07. The summed E-state index contributed by atoms with van der Waals surface area (Å²) in [4.78, 5) is 10.4. The molecule has 0 saturated carbocycles. The number of aliphatic carboxylic acids is 1. The number of carboxylic acids is 1. The van der Waals surface area contributed by atoms with Gasteiger partial charge in [-0.2, -0.15) is 0 Å². The first-order valence-corrected chi connectivity index (χ1v) is 10.2. The normalized spacial score (nSPS) is 10.9. The first kappa shape index (κ1) is 21.7. The standard InChI is InChI=1S/C22H37NO2/c1-2-3-4-5-6-7-8-9-10-12-20-14-16-21(17-15-20)19-23-18-11-13-22(24)25/h14-17,23H,2-13,18-19H2,1H3,(H,24,25). The zero-order valence-corrected chi connectivity index (χ0v) is 16.1. The Labute approximate surface area is 154 Å². The van der Waals surface area contributed by atoms with Gasteiger partial charge in [0.2, 0.25) is 0 Å². The molecule has 0 amide bonds. The van der Waals surface area contributed by atoms with E-state index in [2.05, 4.69) is 36.5 Å². The highest BCUT2D eigenvalue weighted by Crippen LogP contribution is 2.12. The average molecular weight is 348 g/mol. The third-order valence-corrected chi connectivity index (χ3v) is 4.67. The molecule has 25 heavy (non-hydrogen) atoms. The van der Waals surface area contributed by atoms with Crippen molar-refractivity contribution in [2.75, 3.05) is 6.54 Å². The van der Waals surface area contributed by atoms with Crippen molar-refractivity contribution >= 4 is 5.97 Å². The van der Waals surface area contributed by atoms with Gasteiger partial charge in [-0.05, 0) is 36.9 Å². The molecule has 0 atom stereocenters. The van der Waals surface area contributed by atoms with Gasteiger partial charge in [0.05, 0.1) is 0 Å². The predicted molar refractivity (Wildman–Crippen MR) is 106 cm³/mol. The molecule has 0 bridgehead atoms. The van der Waals surface area contributed by atoms with Gasteiger partial charge in [-0.25, -0.2) is 0 Å². The molecule has 0 spiro atoms. The average Bonchev–Trinajstić information content (AvgIpc) is 2.61. The third-order valence-electron chi connectivity index (χ3n) is 4.67. The van der Waals surface area contributed by atoms with E-state index in [9.17, 15) is 4.79 Å². The summed E-state index contributed by atoms with van der Waals surface area (Å²) in [6.45, 7) is 3.84. The number of carbonyl (C=O) groups is 1. The third kappa shape index (κ3) is 12.6. The van der Waals surface area contributed by atoms with Gasteiger partial charge in [-0.3, -0.25) is 4.79 Å². The van der Waals surface area contributed by atoms with Crippen LogP contribution in [0.4, 0.5) is 0 Å². The molecule has 0 unspecified atom stereocenters. The number of rotatable bonds is 16. The fourth-order valence-electron chi connectivity index (χ4n) is 3.06. The van der Waals surface area contributed by atoms with Crippen molar-refractivity contribution in [1.29, 1.82) is 0 Å². The maximum Gasteiger partial charge on any atom is 0.303 e. The summed E-state index contributed by atoms with van der Waals surface area (Å²) >= 11 is 0. The molecule has 0 aliphatic rings. The van der Waals surface area contributed by atoms with Crippen LogP contribution in [-0.4, -0.2) is 17.6 Å². The zero-order valence-electron chi connectivity index (χ0n) is 16.1. The number of unbranched alkanes of at least 4 members (excludes halogenated alkanes) is 8. The van der Waals surface area contributed by atoms with Crippen LogP contribution in [0, 0.1) is 0 Å². The van der Waals surface area contributed by atoms with Gasteiger partial charge in [0.1, 0.15) is 0 Å². The van der Waals surface area contributed by atoms with Gasteiger partial charge < -0.3 is 10.4 Å². The fraction of sp³-hybridized carbons (Fsp3) is 0.682. The van der Waals surface area contributed by atoms with Gasteiger partial charge in [-0.1, -0.05) is 82.6 Å². The van der Waals surface area contributed by atoms with Crippen LogP contribution in [0.5, 0.6) is 0 Å². The Morgan fingerprint density at radius 1 is 0.840 bits per heavy atom. The van der Waals surface area contributed by atoms with E-state index in [-0.39, 0.29) is 6.42 Å². The summed E-state index contributed by atoms with van der Waals surface area (Å²) in [6.07, 6.45) is 14.5. The van der Waals surface area contributed by atoms with Gasteiger partial charge in [-0.15, -0.1) is 0 Å². The Morgan fingerprint density at radius 3 is 2.00 bits per heavy atom. The Balaban J connectivity index is 2.01. The van der Waals surface area contributed by atoms with E-state index in [0.29, 0.717) is 6.42 Å². The molecule has 0 fully saturated rings. The molecule has 3 heteroatoms. The van der Waals surface area contributed by atoms with Gasteiger partial charge in [0.15, 0.2) is 0 Å². The first-order chi connectivity index (χ1) is 12.2. The summed E-state index contributed by atoms with van der Waals surface area (Å²) < 4.78 is 0. The summed E-state index contributed by atoms with van der Waals surface area (Å²) in [5.74, 6) is -0.720. The molecule has 0 aromatic heterocycles. The predicted octanol–water partition coefficient (Wildman–Crippen LogP) is 5.71. The summed E-state index contributed by atoms with van der Waals surface area (Å²) in [7, 11) is 0. The Hall–Kier alpha value is -1.35. The molecular weight excluding hydrogens is 310 g/mol. The van der Waals surface area contributed by atoms with Crippen molar-refractivity contribution in [3.63, 3.8) is 0 Å². The van der Waals surface area contributed by atoms with Crippen LogP contribution < -0.4 is 5.32 Å². The van der Waals surface area contributed by atoms with Crippen molar-refractivity contribution in [3.05, 3.63) is 35.4 Å². The van der Waals surface area contributed by atoms with Crippen LogP contribution in [0.2, 0.25) is 0 Å². The lowest BCUT2D eigenvalue weighted by Gasteiger charge is -2.06. The van der Waals surface area contributed by atoms with Gasteiger partial charge >= 0.3 is 5.97 Å². The number of benzene rings is 1. The number of hydrogen-bond donors (Lipinski definition) is 2. The molecule has 142 valence electrons. The van der Waals surface area contributed by atoms with E-state index in [1.807, 2.05) is 0 Å². The Morgan fingerprint density at radius 2 is 1.40 bits per heavy atom. The molecular formula is C22H37NO2. The van der Waals surface area contributed by atoms with Crippen LogP contribution in [0.25, 0.3) is 0 Å². The second kappa shape index (κ2) is 14.9. The minimum atomic E-state index is -0.720. The minimum absolute atomic E-state index is 0.241. The molecule has 1 rings (SSSR count). The molecule has 1 aromatic carbocycles. The quantitative estimate of drug-likeness (QED) is 0.376. The van der Waals surface area contributed by atoms with Crippen LogP contribution in [0.3, 0.4) is 0 Å². The SMILES string of the molecule is CCCCCCCCCCCc1ccc(CNCCCC(=O)O)cc1. The van der Waals surface area contributed by atoms with E-state index in [0.717, 1.165) is 13.1 Å². The van der Waals surface area contributed by atoms with Crippen molar-refractivity contribution in [2.45, 2.75) is 90.5 Å². The summed E-state index contributed by atoms with van der Waals surface area (Å²) in [5, 5.41) is 11.9. The van der Waals surface area contributed by atoms with Crippen molar-refractivity contribution in [1.82, 2.24) is 5.32 Å². The highest BCUT2D eigenvalue weighted by atomic mass is 16.4. The number of nitrogens with one attached hydrogen (secondary N) is 1. The van der Waals surface area contributed by atoms with Crippen molar-refractivity contribution in [3.8, 4) is 0 Å². The first-order valence-electron chi connectivity index (χ1n) is 10.2. The Bertz CT molecular complexity index is 442. The van der Waals surface area contributed by atoms with Gasteiger partial charge in [0.25, 0.3) is 0 Å². The Kier molecular flexibility index (Phi) is 13.0. The lowest BCUT2D eigenvalue weighted by Crippen LogP contribution is -2.15. The molecule has 0 aliphatic heterocycles. The molecule has 0 aliphatic carbocycles.